The van der Waals surface area contributed by atoms with Crippen LogP contribution in [0.4, 0.5) is 19.4 Å². The Hall–Kier alpha value is -0.0400. The lowest BCUT2D eigenvalue weighted by molar-refractivity contribution is 0.284. The Bertz CT molecular complexity index is 122. The first-order valence-electron chi connectivity index (χ1n) is 2.38. The van der Waals surface area contributed by atoms with E-state index in [-0.39, 0.29) is 0 Å². The van der Waals surface area contributed by atoms with Crippen LogP contribution in [0.5, 0.6) is 0 Å². The molecule has 0 radical (unpaired) electrons. The summed E-state index contributed by atoms with van der Waals surface area (Å²) in [6, 6.07) is 0. The molecule has 0 aliphatic carbocycles. The highest BCUT2D eigenvalue weighted by Crippen LogP contribution is 2.97. The lowest BCUT2D eigenvalue weighted by Crippen LogP contribution is -2.11. The third kappa shape index (κ3) is 7.96. The van der Waals surface area contributed by atoms with Crippen LogP contribution in [0.15, 0.2) is 0 Å². The van der Waals surface area contributed by atoms with Gasteiger partial charge in [0.15, 0.2) is 0 Å². The van der Waals surface area contributed by atoms with Gasteiger partial charge in [-0.05, 0) is 6.42 Å². The first-order valence-corrected chi connectivity index (χ1v) is 4.50. The van der Waals surface area contributed by atoms with Crippen molar-refractivity contribution in [2.75, 3.05) is 12.4 Å². The largest absolute Gasteiger partial charge is 0.396 e. The van der Waals surface area contributed by atoms with Crippen molar-refractivity contribution in [1.82, 2.24) is 0 Å². The van der Waals surface area contributed by atoms with Crippen molar-refractivity contribution >= 4 is 10.2 Å². The number of aliphatic hydroxyl groups excluding tert-OH is 1. The Morgan fingerprint density at radius 1 is 1.00 bits per heavy atom. The summed E-state index contributed by atoms with van der Waals surface area (Å²) in [4.78, 5) is 0. The van der Waals surface area contributed by atoms with Gasteiger partial charge in [-0.15, -0.1) is 0 Å². The molecule has 0 unspecified atom stereocenters. The van der Waals surface area contributed by atoms with Crippen LogP contribution < -0.4 is 0 Å². The van der Waals surface area contributed by atoms with E-state index in [4.69, 9.17) is 5.11 Å². The van der Waals surface area contributed by atoms with E-state index in [1.54, 1.807) is 0 Å². The molecule has 0 bridgehead atoms. The van der Waals surface area contributed by atoms with Gasteiger partial charge in [0.25, 0.3) is 10.2 Å². The molecule has 0 aliphatic heterocycles. The Balaban J connectivity index is 4.13. The molecule has 10 heavy (non-hydrogen) atoms. The van der Waals surface area contributed by atoms with Gasteiger partial charge in [0.1, 0.15) is 0 Å². The zero-order valence-electron chi connectivity index (χ0n) is 4.87. The second-order valence-corrected chi connectivity index (χ2v) is 4.58. The Morgan fingerprint density at radius 3 is 1.50 bits per heavy atom. The van der Waals surface area contributed by atoms with E-state index >= 15 is 0 Å². The quantitative estimate of drug-likeness (QED) is 0.672. The van der Waals surface area contributed by atoms with E-state index in [0.29, 0.717) is 0 Å². The molecule has 0 aromatic rings. The van der Waals surface area contributed by atoms with Crippen molar-refractivity contribution in [2.45, 2.75) is 6.42 Å². The van der Waals surface area contributed by atoms with Crippen molar-refractivity contribution in [3.05, 3.63) is 0 Å². The molecule has 66 valence electrons. The Labute approximate surface area is 54.6 Å². The highest BCUT2D eigenvalue weighted by molar-refractivity contribution is 8.45. The molecule has 1 N–H and O–H groups in total. The number of aliphatic hydroxyl groups is 1. The molecular weight excluding hydrogens is 179 g/mol. The van der Waals surface area contributed by atoms with Crippen molar-refractivity contribution in [3.8, 4) is 0 Å². The predicted molar refractivity (Wildman–Crippen MR) is 29.7 cm³/mol. The van der Waals surface area contributed by atoms with Crippen molar-refractivity contribution in [2.24, 2.45) is 0 Å². The zero-order valence-corrected chi connectivity index (χ0v) is 5.68. The lowest BCUT2D eigenvalue weighted by Gasteiger charge is -2.40. The van der Waals surface area contributed by atoms with Crippen LogP contribution >= 0.6 is 10.2 Å². The first-order chi connectivity index (χ1) is 4.04. The summed E-state index contributed by atoms with van der Waals surface area (Å²) < 4.78 is 56.5. The number of halogens is 5. The Morgan fingerprint density at radius 2 is 1.40 bits per heavy atom. The molecule has 0 aromatic carbocycles. The van der Waals surface area contributed by atoms with Crippen LogP contribution in [0.3, 0.4) is 0 Å². The fourth-order valence-corrected chi connectivity index (χ4v) is 1.01. The normalized spacial score (nSPS) is 19.8. The molecular formula is C3H7F5OS. The third-order valence-electron chi connectivity index (χ3n) is 0.688. The van der Waals surface area contributed by atoms with Gasteiger partial charge in [0.2, 0.25) is 0 Å². The van der Waals surface area contributed by atoms with Crippen molar-refractivity contribution in [1.29, 1.82) is 0 Å². The molecule has 1 nitrogen and oxygen atoms in total. The van der Waals surface area contributed by atoms with Gasteiger partial charge < -0.3 is 5.11 Å². The molecule has 0 heterocycles. The molecule has 0 saturated heterocycles. The first kappa shape index (κ1) is 9.96. The van der Waals surface area contributed by atoms with E-state index < -0.39 is 29.0 Å². The summed E-state index contributed by atoms with van der Waals surface area (Å²) in [5.41, 5.74) is 0. The standard InChI is InChI=1S/C3H7F5OS/c4-10(5,6,7,8)3-1-2-9/h9H,1-3H2. The fourth-order valence-electron chi connectivity index (χ4n) is 0.337. The highest BCUT2D eigenvalue weighted by Gasteiger charge is 2.62. The second-order valence-electron chi connectivity index (χ2n) is 1.91. The summed E-state index contributed by atoms with van der Waals surface area (Å²) in [6.45, 7) is -0.869. The van der Waals surface area contributed by atoms with Crippen LogP contribution in [0.1, 0.15) is 6.42 Å². The average Bonchev–Trinajstić information content (AvgIpc) is 1.55. The predicted octanol–water partition coefficient (Wildman–Crippen LogP) is 2.67. The minimum Gasteiger partial charge on any atom is -0.396 e. The number of hydrogen-bond donors (Lipinski definition) is 1. The van der Waals surface area contributed by atoms with E-state index in [0.717, 1.165) is 0 Å². The van der Waals surface area contributed by atoms with Crippen LogP contribution in [0, 0.1) is 0 Å². The molecule has 0 fully saturated rings. The minimum atomic E-state index is -9.22. The van der Waals surface area contributed by atoms with E-state index in [2.05, 4.69) is 0 Å². The summed E-state index contributed by atoms with van der Waals surface area (Å²) >= 11 is 0. The lowest BCUT2D eigenvalue weighted by atomic mass is 10.5. The minimum absolute atomic E-state index is 0.869. The summed E-state index contributed by atoms with van der Waals surface area (Å²) in [7, 11) is -9.22. The van der Waals surface area contributed by atoms with E-state index in [1.807, 2.05) is 0 Å². The average molecular weight is 186 g/mol. The maximum Gasteiger partial charge on any atom is 0.285 e. The smallest absolute Gasteiger partial charge is 0.285 e. The highest BCUT2D eigenvalue weighted by atomic mass is 32.5. The summed E-state index contributed by atoms with van der Waals surface area (Å²) in [6.07, 6.45) is -0.932. The van der Waals surface area contributed by atoms with Gasteiger partial charge in [-0.1, -0.05) is 19.4 Å². The van der Waals surface area contributed by atoms with Gasteiger partial charge in [-0.2, -0.15) is 0 Å². The molecule has 0 amide bonds. The number of hydrogen-bond acceptors (Lipinski definition) is 1. The Kier molecular flexibility index (Phi) is 1.75. The van der Waals surface area contributed by atoms with Crippen molar-refractivity contribution in [3.63, 3.8) is 0 Å². The van der Waals surface area contributed by atoms with Crippen molar-refractivity contribution < 1.29 is 24.5 Å². The molecule has 7 heteroatoms. The summed E-state index contributed by atoms with van der Waals surface area (Å²) in [5.74, 6) is -2.17. The van der Waals surface area contributed by atoms with E-state index in [9.17, 15) is 19.4 Å². The SMILES string of the molecule is OCCCS(F)(F)(F)(F)F. The van der Waals surface area contributed by atoms with Crippen LogP contribution in [0.25, 0.3) is 0 Å². The van der Waals surface area contributed by atoms with Gasteiger partial charge in [-0.3, -0.25) is 0 Å². The third-order valence-corrected chi connectivity index (χ3v) is 1.75. The van der Waals surface area contributed by atoms with Gasteiger partial charge in [0.05, 0.1) is 5.75 Å². The van der Waals surface area contributed by atoms with Crippen LogP contribution in [-0.4, -0.2) is 17.5 Å². The molecule has 0 saturated carbocycles. The summed E-state index contributed by atoms with van der Waals surface area (Å²) in [5, 5.41) is 7.84. The molecule has 0 rings (SSSR count). The monoisotopic (exact) mass is 186 g/mol. The molecule has 0 atom stereocenters. The zero-order chi connectivity index (χ0) is 8.53. The maximum atomic E-state index is 11.3. The maximum absolute atomic E-state index is 11.3. The molecule has 0 aromatic heterocycles. The molecule has 0 aliphatic rings. The van der Waals surface area contributed by atoms with Gasteiger partial charge in [-0.25, -0.2) is 0 Å². The number of rotatable bonds is 3. The topological polar surface area (TPSA) is 20.2 Å². The van der Waals surface area contributed by atoms with Gasteiger partial charge >= 0.3 is 0 Å². The van der Waals surface area contributed by atoms with Crippen LogP contribution in [-0.2, 0) is 0 Å². The van der Waals surface area contributed by atoms with E-state index in [1.165, 1.54) is 0 Å². The second kappa shape index (κ2) is 1.76. The van der Waals surface area contributed by atoms with Gasteiger partial charge in [0, 0.05) is 6.61 Å². The van der Waals surface area contributed by atoms with Crippen LogP contribution in [0.2, 0.25) is 0 Å². The molecule has 0 spiro atoms. The fraction of sp³-hybridized carbons (Fsp3) is 1.00.